The van der Waals surface area contributed by atoms with Gasteiger partial charge >= 0.3 is 0 Å². The normalized spacial score (nSPS) is 12.6. The number of amides is 1. The number of methoxy groups -OCH3 is 2. The average Bonchev–Trinajstić information content (AvgIpc) is 3.30. The Bertz CT molecular complexity index is 1450. The van der Waals surface area contributed by atoms with E-state index in [1.165, 1.54) is 0 Å². The van der Waals surface area contributed by atoms with Crippen LogP contribution in [0.3, 0.4) is 0 Å². The predicted molar refractivity (Wildman–Crippen MR) is 150 cm³/mol. The lowest BCUT2D eigenvalue weighted by molar-refractivity contribution is 0.0999. The summed E-state index contributed by atoms with van der Waals surface area (Å²) >= 11 is 0. The van der Waals surface area contributed by atoms with Gasteiger partial charge in [0.25, 0.3) is 5.91 Å². The Morgan fingerprint density at radius 1 is 1.23 bits per heavy atom. The van der Waals surface area contributed by atoms with Crippen LogP contribution >= 0.6 is 0 Å². The number of aromatic nitrogens is 5. The van der Waals surface area contributed by atoms with Gasteiger partial charge in [-0.25, -0.2) is 4.98 Å². The second-order valence-electron chi connectivity index (χ2n) is 9.72. The van der Waals surface area contributed by atoms with E-state index in [1.807, 2.05) is 18.2 Å². The summed E-state index contributed by atoms with van der Waals surface area (Å²) < 4.78 is 12.4. The molecule has 4 N–H and O–H groups in total. The minimum absolute atomic E-state index is 0.415. The highest BCUT2D eigenvalue weighted by molar-refractivity contribution is 5.93. The number of fused-ring (bicyclic) bond motifs is 1. The van der Waals surface area contributed by atoms with Crippen molar-refractivity contribution in [3.63, 3.8) is 0 Å². The molecule has 0 aliphatic carbocycles. The van der Waals surface area contributed by atoms with Crippen molar-refractivity contribution in [3.8, 4) is 11.5 Å². The maximum absolute atomic E-state index is 12.1. The number of nitrogens with two attached hydrogens (primary N) is 1. The molecule has 0 aliphatic heterocycles. The number of aryl methyl sites for hydroxylation is 1. The van der Waals surface area contributed by atoms with Crippen molar-refractivity contribution in [2.45, 2.75) is 51.6 Å². The molecule has 1 atom stereocenters. The number of carbonyl (C=O) groups excluding carboxylic acids is 1. The van der Waals surface area contributed by atoms with Crippen molar-refractivity contribution in [2.24, 2.45) is 12.8 Å². The van der Waals surface area contributed by atoms with Crippen molar-refractivity contribution in [3.05, 3.63) is 59.5 Å². The number of nitrogens with zero attached hydrogens (tertiary/aromatic N) is 5. The zero-order valence-electron chi connectivity index (χ0n) is 23.0. The van der Waals surface area contributed by atoms with Crippen molar-refractivity contribution >= 4 is 28.7 Å². The van der Waals surface area contributed by atoms with Gasteiger partial charge in [0, 0.05) is 55.6 Å². The SMILES string of the molecule is CCCC[C@](C)(Cc1nn(C)cc1C(N)=O)Nc1nc(NCc2ccc(OC)cc2OC)nc2c[c]cnc12. The summed E-state index contributed by atoms with van der Waals surface area (Å²) in [6.45, 7) is 4.68. The minimum atomic E-state index is -0.499. The molecule has 1 radical (unpaired) electrons. The summed E-state index contributed by atoms with van der Waals surface area (Å²) in [5.41, 5.74) is 8.40. The molecule has 205 valence electrons. The molecule has 0 aliphatic rings. The molecule has 11 heteroatoms. The number of hydrogen-bond acceptors (Lipinski definition) is 9. The number of pyridine rings is 1. The van der Waals surface area contributed by atoms with Gasteiger partial charge < -0.3 is 25.8 Å². The Hall–Kier alpha value is -4.41. The molecule has 3 heterocycles. The Morgan fingerprint density at radius 3 is 2.77 bits per heavy atom. The summed E-state index contributed by atoms with van der Waals surface area (Å²) in [5.74, 6) is 1.92. The van der Waals surface area contributed by atoms with Gasteiger partial charge in [-0.1, -0.05) is 19.8 Å². The molecule has 0 saturated heterocycles. The van der Waals surface area contributed by atoms with Crippen LogP contribution in [0.15, 0.2) is 36.7 Å². The third-order valence-electron chi connectivity index (χ3n) is 6.56. The van der Waals surface area contributed by atoms with Crippen molar-refractivity contribution < 1.29 is 14.3 Å². The molecular weight excluding hydrogens is 496 g/mol. The molecule has 0 spiro atoms. The maximum atomic E-state index is 12.1. The Morgan fingerprint density at radius 2 is 2.05 bits per heavy atom. The van der Waals surface area contributed by atoms with Gasteiger partial charge in [0.05, 0.1) is 31.0 Å². The van der Waals surface area contributed by atoms with Gasteiger partial charge in [-0.15, -0.1) is 0 Å². The summed E-state index contributed by atoms with van der Waals surface area (Å²) in [6, 6.07) is 10.4. The largest absolute Gasteiger partial charge is 0.497 e. The average molecular weight is 532 g/mol. The minimum Gasteiger partial charge on any atom is -0.497 e. The van der Waals surface area contributed by atoms with Crippen molar-refractivity contribution in [1.29, 1.82) is 0 Å². The molecule has 0 saturated carbocycles. The number of benzene rings is 1. The highest BCUT2D eigenvalue weighted by atomic mass is 16.5. The molecule has 0 bridgehead atoms. The van der Waals surface area contributed by atoms with Crippen LogP contribution in [0, 0.1) is 6.07 Å². The monoisotopic (exact) mass is 531 g/mol. The molecule has 11 nitrogen and oxygen atoms in total. The number of primary amides is 1. The Balaban J connectivity index is 1.66. The zero-order valence-corrected chi connectivity index (χ0v) is 23.0. The van der Waals surface area contributed by atoms with Gasteiger partial charge in [-0.05, 0) is 31.5 Å². The lowest BCUT2D eigenvalue weighted by Crippen LogP contribution is -2.38. The van der Waals surface area contributed by atoms with Crippen LogP contribution in [0.25, 0.3) is 11.0 Å². The number of nitrogens with one attached hydrogen (secondary N) is 2. The van der Waals surface area contributed by atoms with E-state index in [9.17, 15) is 4.79 Å². The van der Waals surface area contributed by atoms with E-state index in [0.717, 1.165) is 24.8 Å². The van der Waals surface area contributed by atoms with Crippen molar-refractivity contribution in [1.82, 2.24) is 24.7 Å². The number of rotatable bonds is 13. The van der Waals surface area contributed by atoms with Crippen LogP contribution < -0.4 is 25.8 Å². The molecule has 3 aromatic heterocycles. The summed E-state index contributed by atoms with van der Waals surface area (Å²) in [4.78, 5) is 26.1. The lowest BCUT2D eigenvalue weighted by Gasteiger charge is -2.31. The Kier molecular flexibility index (Phi) is 8.48. The van der Waals surface area contributed by atoms with E-state index in [0.29, 0.717) is 58.5 Å². The van der Waals surface area contributed by atoms with Gasteiger partial charge in [0.2, 0.25) is 5.95 Å². The number of anilines is 2. The second-order valence-corrected chi connectivity index (χ2v) is 9.72. The van der Waals surface area contributed by atoms with Gasteiger partial charge in [0.1, 0.15) is 17.0 Å². The zero-order chi connectivity index (χ0) is 28.0. The molecule has 0 fully saturated rings. The fourth-order valence-electron chi connectivity index (χ4n) is 4.54. The second kappa shape index (κ2) is 12.0. The predicted octanol–water partition coefficient (Wildman–Crippen LogP) is 3.89. The molecule has 1 aromatic carbocycles. The van der Waals surface area contributed by atoms with Crippen LogP contribution in [0.5, 0.6) is 11.5 Å². The van der Waals surface area contributed by atoms with E-state index < -0.39 is 11.4 Å². The maximum Gasteiger partial charge on any atom is 0.252 e. The van der Waals surface area contributed by atoms with E-state index in [4.69, 9.17) is 20.2 Å². The Labute approximate surface area is 228 Å². The first kappa shape index (κ1) is 27.6. The number of hydrogen-bond donors (Lipinski definition) is 3. The molecule has 0 unspecified atom stereocenters. The van der Waals surface area contributed by atoms with Crippen LogP contribution in [-0.4, -0.2) is 50.4 Å². The first-order valence-electron chi connectivity index (χ1n) is 12.8. The number of ether oxygens (including phenoxy) is 2. The van der Waals surface area contributed by atoms with Crippen LogP contribution in [0.1, 0.15) is 54.7 Å². The van der Waals surface area contributed by atoms with Gasteiger partial charge in [-0.2, -0.15) is 10.1 Å². The van der Waals surface area contributed by atoms with Gasteiger partial charge in [-0.3, -0.25) is 14.5 Å². The standard InChI is InChI=1S/C28H35N8O3/c1-6-7-12-28(2,15-22-20(25(29)37)17-36(3)35-22)34-26-24-21(9-8-13-30-24)32-27(33-26)31-16-18-10-11-19(38-4)14-23(18)39-5/h9-11,13-14,17H,6-7,12,15-16H2,1-5H3,(H2,29,37)(H2,31,32,33,34)/t28-/m1/s1. The summed E-state index contributed by atoms with van der Waals surface area (Å²) in [6.07, 6.45) is 6.52. The van der Waals surface area contributed by atoms with E-state index in [-0.39, 0.29) is 0 Å². The fraction of sp³-hybridized carbons (Fsp3) is 0.393. The van der Waals surface area contributed by atoms with Crippen LogP contribution in [0.2, 0.25) is 0 Å². The number of unbranched alkanes of at least 4 members (excludes halogenated alkanes) is 1. The van der Waals surface area contributed by atoms with Gasteiger partial charge in [0.15, 0.2) is 5.82 Å². The first-order chi connectivity index (χ1) is 18.7. The molecule has 39 heavy (non-hydrogen) atoms. The molecule has 1 amide bonds. The quantitative estimate of drug-likeness (QED) is 0.234. The highest BCUT2D eigenvalue weighted by Gasteiger charge is 2.29. The molecule has 4 aromatic rings. The molecule has 4 rings (SSSR count). The topological polar surface area (TPSA) is 142 Å². The van der Waals surface area contributed by atoms with Crippen LogP contribution in [0.4, 0.5) is 11.8 Å². The van der Waals surface area contributed by atoms with E-state index in [2.05, 4.69) is 45.6 Å². The lowest BCUT2D eigenvalue weighted by atomic mass is 9.88. The fourth-order valence-corrected chi connectivity index (χ4v) is 4.54. The first-order valence-corrected chi connectivity index (χ1v) is 12.8. The smallest absolute Gasteiger partial charge is 0.252 e. The number of carbonyl (C=O) groups is 1. The highest BCUT2D eigenvalue weighted by Crippen LogP contribution is 2.30. The summed E-state index contributed by atoms with van der Waals surface area (Å²) in [7, 11) is 5.02. The van der Waals surface area contributed by atoms with Crippen molar-refractivity contribution in [2.75, 3.05) is 24.9 Å². The third-order valence-corrected chi connectivity index (χ3v) is 6.56. The van der Waals surface area contributed by atoms with E-state index >= 15 is 0 Å². The van der Waals surface area contributed by atoms with E-state index in [1.54, 1.807) is 44.4 Å². The summed E-state index contributed by atoms with van der Waals surface area (Å²) in [5, 5.41) is 11.5. The van der Waals surface area contributed by atoms with Crippen LogP contribution in [-0.2, 0) is 20.0 Å². The molecular formula is C28H35N8O3. The third kappa shape index (κ3) is 6.54.